The minimum atomic E-state index is -0.458. The predicted molar refractivity (Wildman–Crippen MR) is 69.8 cm³/mol. The molecule has 0 radical (unpaired) electrons. The number of non-ortho nitro benzene ring substituents is 1. The highest BCUT2D eigenvalue weighted by atomic mass is 16.6. The van der Waals surface area contributed by atoms with Crippen LogP contribution in [-0.4, -0.2) is 19.5 Å². The van der Waals surface area contributed by atoms with Crippen molar-refractivity contribution >= 4 is 11.3 Å². The predicted octanol–water partition coefficient (Wildman–Crippen LogP) is 2.18. The summed E-state index contributed by atoms with van der Waals surface area (Å²) in [4.78, 5) is 10.3. The maximum atomic E-state index is 10.8. The lowest BCUT2D eigenvalue weighted by atomic mass is 10.2. The van der Waals surface area contributed by atoms with Crippen molar-refractivity contribution in [2.24, 2.45) is 0 Å². The van der Waals surface area contributed by atoms with E-state index in [1.807, 2.05) is 6.07 Å². The molecule has 3 rings (SSSR count). The fraction of sp³-hybridized carbons (Fsp3) is 0. The van der Waals surface area contributed by atoms with Crippen LogP contribution >= 0.6 is 0 Å². The molecule has 0 amide bonds. The number of aromatic nitrogens is 3. The van der Waals surface area contributed by atoms with Gasteiger partial charge in [-0.25, -0.2) is 0 Å². The molecule has 0 N–H and O–H groups in total. The molecule has 0 spiro atoms. The van der Waals surface area contributed by atoms with E-state index in [0.29, 0.717) is 22.6 Å². The zero-order chi connectivity index (χ0) is 14.1. The fourth-order valence-corrected chi connectivity index (χ4v) is 1.92. The van der Waals surface area contributed by atoms with Gasteiger partial charge in [0.25, 0.3) is 5.69 Å². The molecule has 0 atom stereocenters. The topological polar surface area (TPSA) is 97.1 Å². The smallest absolute Gasteiger partial charge is 0.270 e. The van der Waals surface area contributed by atoms with Crippen molar-refractivity contribution in [2.45, 2.75) is 0 Å². The summed E-state index contributed by atoms with van der Waals surface area (Å²) in [5, 5.41) is 27.6. The minimum absolute atomic E-state index is 0.00658. The van der Waals surface area contributed by atoms with Crippen molar-refractivity contribution < 1.29 is 4.92 Å². The largest absolute Gasteiger partial charge is 0.282 e. The Kier molecular flexibility index (Phi) is 2.62. The van der Waals surface area contributed by atoms with E-state index in [9.17, 15) is 10.1 Å². The number of pyridine rings is 1. The maximum absolute atomic E-state index is 10.8. The standard InChI is InChI=1S/C13H7N5O2/c14-8-9-4-5-17-12(6-9)15-16-13(17)10-2-1-3-11(7-10)18(19)20/h1-7H. The third kappa shape index (κ3) is 1.85. The number of nitrogens with zero attached hydrogens (tertiary/aromatic N) is 5. The van der Waals surface area contributed by atoms with E-state index in [4.69, 9.17) is 5.26 Å². The van der Waals surface area contributed by atoms with Crippen molar-refractivity contribution in [3.05, 3.63) is 58.3 Å². The molecule has 2 aromatic heterocycles. The van der Waals surface area contributed by atoms with Gasteiger partial charge in [0.1, 0.15) is 0 Å². The SMILES string of the molecule is N#Cc1ccn2c(-c3cccc([N+](=O)[O-])c3)nnc2c1. The molecule has 96 valence electrons. The van der Waals surface area contributed by atoms with Gasteiger partial charge in [0.05, 0.1) is 16.6 Å². The Morgan fingerprint density at radius 3 is 2.85 bits per heavy atom. The number of hydrogen-bond donors (Lipinski definition) is 0. The number of nitro benzene ring substituents is 1. The average molecular weight is 265 g/mol. The molecular formula is C13H7N5O2. The Morgan fingerprint density at radius 1 is 1.25 bits per heavy atom. The van der Waals surface area contributed by atoms with E-state index >= 15 is 0 Å². The second kappa shape index (κ2) is 4.44. The highest BCUT2D eigenvalue weighted by molar-refractivity contribution is 5.63. The quantitative estimate of drug-likeness (QED) is 0.522. The summed E-state index contributed by atoms with van der Waals surface area (Å²) in [5.74, 6) is 0.494. The summed E-state index contributed by atoms with van der Waals surface area (Å²) in [7, 11) is 0. The third-order valence-corrected chi connectivity index (χ3v) is 2.85. The van der Waals surface area contributed by atoms with Gasteiger partial charge in [0, 0.05) is 30.0 Å². The van der Waals surface area contributed by atoms with Crippen LogP contribution in [0.2, 0.25) is 0 Å². The van der Waals surface area contributed by atoms with Crippen LogP contribution in [0, 0.1) is 21.4 Å². The first kappa shape index (κ1) is 11.8. The monoisotopic (exact) mass is 265 g/mol. The second-order valence-corrected chi connectivity index (χ2v) is 4.09. The van der Waals surface area contributed by atoms with Crippen LogP contribution in [-0.2, 0) is 0 Å². The van der Waals surface area contributed by atoms with Crippen LogP contribution in [0.15, 0.2) is 42.6 Å². The van der Waals surface area contributed by atoms with Crippen LogP contribution in [0.3, 0.4) is 0 Å². The summed E-state index contributed by atoms with van der Waals surface area (Å²) in [5.41, 5.74) is 1.59. The van der Waals surface area contributed by atoms with Gasteiger partial charge >= 0.3 is 0 Å². The molecule has 7 nitrogen and oxygen atoms in total. The normalized spacial score (nSPS) is 10.3. The van der Waals surface area contributed by atoms with E-state index in [1.54, 1.807) is 34.9 Å². The van der Waals surface area contributed by atoms with Crippen molar-refractivity contribution in [3.63, 3.8) is 0 Å². The van der Waals surface area contributed by atoms with Gasteiger partial charge in [-0.15, -0.1) is 10.2 Å². The Morgan fingerprint density at radius 2 is 2.10 bits per heavy atom. The molecule has 20 heavy (non-hydrogen) atoms. The highest BCUT2D eigenvalue weighted by Gasteiger charge is 2.12. The first-order valence-electron chi connectivity index (χ1n) is 5.69. The van der Waals surface area contributed by atoms with Gasteiger partial charge in [-0.3, -0.25) is 14.5 Å². The molecule has 0 fully saturated rings. The lowest BCUT2D eigenvalue weighted by Gasteiger charge is -2.00. The molecule has 0 aliphatic rings. The first-order valence-corrected chi connectivity index (χ1v) is 5.69. The molecule has 1 aromatic carbocycles. The Hall–Kier alpha value is -3.27. The van der Waals surface area contributed by atoms with Gasteiger partial charge in [0.2, 0.25) is 0 Å². The van der Waals surface area contributed by atoms with Gasteiger partial charge in [-0.1, -0.05) is 12.1 Å². The molecule has 3 aromatic rings. The lowest BCUT2D eigenvalue weighted by Crippen LogP contribution is -1.92. The zero-order valence-electron chi connectivity index (χ0n) is 10.1. The van der Waals surface area contributed by atoms with Gasteiger partial charge in [-0.05, 0) is 6.07 Å². The van der Waals surface area contributed by atoms with Crippen LogP contribution in [0.25, 0.3) is 17.0 Å². The number of hydrogen-bond acceptors (Lipinski definition) is 5. The van der Waals surface area contributed by atoms with Crippen LogP contribution in [0.1, 0.15) is 5.56 Å². The van der Waals surface area contributed by atoms with E-state index in [0.717, 1.165) is 0 Å². The summed E-state index contributed by atoms with van der Waals surface area (Å²) >= 11 is 0. The molecule has 0 bridgehead atoms. The second-order valence-electron chi connectivity index (χ2n) is 4.09. The Labute approximate surface area is 112 Å². The first-order chi connectivity index (χ1) is 9.69. The number of rotatable bonds is 2. The van der Waals surface area contributed by atoms with Crippen molar-refractivity contribution in [2.75, 3.05) is 0 Å². The average Bonchev–Trinajstić information content (AvgIpc) is 2.90. The van der Waals surface area contributed by atoms with E-state index in [2.05, 4.69) is 10.2 Å². The van der Waals surface area contributed by atoms with Gasteiger partial charge in [-0.2, -0.15) is 5.26 Å². The van der Waals surface area contributed by atoms with Crippen LogP contribution in [0.4, 0.5) is 5.69 Å². The molecule has 0 unspecified atom stereocenters. The Balaban J connectivity index is 2.18. The van der Waals surface area contributed by atoms with Crippen molar-refractivity contribution in [1.29, 1.82) is 5.26 Å². The number of nitriles is 1. The highest BCUT2D eigenvalue weighted by Crippen LogP contribution is 2.23. The van der Waals surface area contributed by atoms with Crippen LogP contribution < -0.4 is 0 Å². The third-order valence-electron chi connectivity index (χ3n) is 2.85. The maximum Gasteiger partial charge on any atom is 0.270 e. The molecule has 0 aliphatic heterocycles. The summed E-state index contributed by atoms with van der Waals surface area (Å²) in [6.07, 6.45) is 1.67. The van der Waals surface area contributed by atoms with Crippen LogP contribution in [0.5, 0.6) is 0 Å². The number of benzene rings is 1. The molecule has 0 saturated carbocycles. The van der Waals surface area contributed by atoms with Gasteiger partial charge < -0.3 is 0 Å². The van der Waals surface area contributed by atoms with E-state index < -0.39 is 4.92 Å². The zero-order valence-corrected chi connectivity index (χ0v) is 10.1. The summed E-state index contributed by atoms with van der Waals surface area (Å²) < 4.78 is 1.68. The van der Waals surface area contributed by atoms with E-state index in [-0.39, 0.29) is 5.69 Å². The Bertz CT molecular complexity index is 863. The minimum Gasteiger partial charge on any atom is -0.282 e. The lowest BCUT2D eigenvalue weighted by molar-refractivity contribution is -0.384. The van der Waals surface area contributed by atoms with Crippen molar-refractivity contribution in [1.82, 2.24) is 14.6 Å². The summed E-state index contributed by atoms with van der Waals surface area (Å²) in [6.45, 7) is 0. The van der Waals surface area contributed by atoms with Crippen molar-refractivity contribution in [3.8, 4) is 17.5 Å². The molecular weight excluding hydrogens is 258 g/mol. The number of nitro groups is 1. The fourth-order valence-electron chi connectivity index (χ4n) is 1.92. The van der Waals surface area contributed by atoms with E-state index in [1.165, 1.54) is 12.1 Å². The number of fused-ring (bicyclic) bond motifs is 1. The molecule has 2 heterocycles. The molecule has 0 saturated heterocycles. The van der Waals surface area contributed by atoms with Gasteiger partial charge in [0.15, 0.2) is 11.5 Å². The summed E-state index contributed by atoms with van der Waals surface area (Å²) in [6, 6.07) is 11.4. The molecule has 0 aliphatic carbocycles. The molecule has 7 heteroatoms.